The maximum Gasteiger partial charge on any atom is 0.157 e. The Labute approximate surface area is 487 Å². The van der Waals surface area contributed by atoms with E-state index >= 15 is 0 Å². The lowest BCUT2D eigenvalue weighted by Crippen LogP contribution is -2.21. The van der Waals surface area contributed by atoms with E-state index in [-0.39, 0.29) is 26.4 Å². The molecule has 0 saturated heterocycles. The molecule has 0 fully saturated rings. The summed E-state index contributed by atoms with van der Waals surface area (Å²) in [6.45, 7) is 16.4. The molecule has 0 spiro atoms. The Morgan fingerprint density at radius 1 is 0.289 bits per heavy atom. The lowest BCUT2D eigenvalue weighted by molar-refractivity contribution is 0.306. The van der Waals surface area contributed by atoms with Crippen LogP contribution in [0.25, 0.3) is 24.3 Å². The van der Waals surface area contributed by atoms with Crippen LogP contribution < -0.4 is 40.2 Å². The Balaban J connectivity index is 1.16. The van der Waals surface area contributed by atoms with Crippen LogP contribution >= 0.6 is 109 Å². The maximum absolute atomic E-state index is 7.12. The van der Waals surface area contributed by atoms with Crippen molar-refractivity contribution >= 4 is 154 Å². The molecule has 0 saturated carbocycles. The van der Waals surface area contributed by atoms with Crippen molar-refractivity contribution in [1.82, 2.24) is 0 Å². The van der Waals surface area contributed by atoms with Gasteiger partial charge in [-0.25, -0.2) is 0 Å². The van der Waals surface area contributed by atoms with Gasteiger partial charge in [-0.15, -0.1) is 0 Å². The summed E-state index contributed by atoms with van der Waals surface area (Å²) in [7, 11) is -2.66. The summed E-state index contributed by atoms with van der Waals surface area (Å²) in [6.07, 6.45) is 8.27. The fraction of sp³-hybridized carbons (Fsp3) is 0.0968. The summed E-state index contributed by atoms with van der Waals surface area (Å²) in [6, 6.07) is 46.7. The van der Waals surface area contributed by atoms with Gasteiger partial charge in [0.1, 0.15) is 26.4 Å². The van der Waals surface area contributed by atoms with Gasteiger partial charge < -0.3 is 18.9 Å². The van der Waals surface area contributed by atoms with Crippen molar-refractivity contribution in [2.75, 3.05) is 12.3 Å². The van der Waals surface area contributed by atoms with Crippen molar-refractivity contribution in [2.24, 2.45) is 0 Å². The van der Waals surface area contributed by atoms with Crippen molar-refractivity contribution < 1.29 is 18.9 Å². The summed E-state index contributed by atoms with van der Waals surface area (Å²) in [4.78, 5) is 0. The lowest BCUT2D eigenvalue weighted by atomic mass is 10.1. The highest BCUT2D eigenvalue weighted by Gasteiger charge is 2.27. The molecule has 8 aromatic carbocycles. The fourth-order valence-electron chi connectivity index (χ4n) is 8.00. The van der Waals surface area contributed by atoms with Gasteiger partial charge in [0.2, 0.25) is 0 Å². The van der Waals surface area contributed by atoms with Gasteiger partial charge in [-0.05, 0) is 142 Å². The average Bonchev–Trinajstić information content (AvgIpc) is 3.42. The molecule has 0 aliphatic carbocycles. The molecule has 0 radical (unpaired) electrons. The third-order valence-corrected chi connectivity index (χ3v) is 19.6. The third kappa shape index (κ3) is 14.6. The third-order valence-electron chi connectivity index (χ3n) is 12.1. The Kier molecular flexibility index (Phi) is 20.4. The number of hydrogen-bond donors (Lipinski definition) is 0. The first-order valence-corrected chi connectivity index (χ1v) is 29.7. The fourth-order valence-corrected chi connectivity index (χ4v) is 16.5. The summed E-state index contributed by atoms with van der Waals surface area (Å²) in [5.74, 6) is 1.44. The normalized spacial score (nSPS) is 11.1. The van der Waals surface area contributed by atoms with E-state index in [1.54, 1.807) is 24.3 Å². The molecule has 0 atom stereocenters. The zero-order valence-corrected chi connectivity index (χ0v) is 48.6. The van der Waals surface area contributed by atoms with Gasteiger partial charge >= 0.3 is 0 Å². The van der Waals surface area contributed by atoms with Crippen LogP contribution in [0, 0.1) is 0 Å². The highest BCUT2D eigenvalue weighted by molar-refractivity contribution is 7.76. The van der Waals surface area contributed by atoms with E-state index < -0.39 is 15.8 Å². The van der Waals surface area contributed by atoms with Gasteiger partial charge in [0.05, 0.1) is 40.2 Å². The Morgan fingerprint density at radius 3 is 0.618 bits per heavy atom. The number of rotatable bonds is 23. The van der Waals surface area contributed by atoms with Gasteiger partial charge in [0.25, 0.3) is 0 Å². The molecule has 0 amide bonds. The smallest absolute Gasteiger partial charge is 0.157 e. The zero-order chi connectivity index (χ0) is 53.9. The van der Waals surface area contributed by atoms with Crippen LogP contribution in [0.1, 0.15) is 44.5 Å². The van der Waals surface area contributed by atoms with E-state index in [1.165, 1.54) is 0 Å². The summed E-state index contributed by atoms with van der Waals surface area (Å²) < 4.78 is 25.0. The molecule has 386 valence electrons. The Bertz CT molecular complexity index is 2850. The van der Waals surface area contributed by atoms with Crippen LogP contribution in [-0.2, 0) is 26.4 Å². The van der Waals surface area contributed by atoms with Gasteiger partial charge in [-0.1, -0.05) is 240 Å². The van der Waals surface area contributed by atoms with E-state index in [0.29, 0.717) is 75.5 Å². The molecule has 0 N–H and O–H groups in total. The highest BCUT2D eigenvalue weighted by atomic mass is 35.5. The van der Waals surface area contributed by atoms with Crippen LogP contribution in [0.15, 0.2) is 172 Å². The number of hydrogen-bond acceptors (Lipinski definition) is 4. The zero-order valence-electron chi connectivity index (χ0n) is 40.8. The molecule has 76 heavy (non-hydrogen) atoms. The molecule has 14 heteroatoms. The summed E-state index contributed by atoms with van der Waals surface area (Å²) in [5.41, 5.74) is 7.75. The molecule has 0 unspecified atom stereocenters. The molecule has 0 aliphatic rings. The van der Waals surface area contributed by atoms with Crippen molar-refractivity contribution in [3.63, 3.8) is 0 Å². The highest BCUT2D eigenvalue weighted by Crippen LogP contribution is 2.48. The standard InChI is InChI=1S/C62H48Cl8O4P2/c1-5-39-9-17-43(18-10-39)35-71-59-51(63)27-47(28-52(59)64)75(48-29-53(65)60(54(66)30-48)72-36-44-19-11-40(6-2)12-20-44)25-26-76(49-31-55(67)61(56(68)32-49)73-37-45-21-13-41(7-3)14-22-45)50-33-57(69)62(58(70)34-50)74-38-46-23-15-42(8-4)16-24-46/h5-24,27-34H,1-4,25-26,35-38H2. The van der Waals surface area contributed by atoms with Gasteiger partial charge in [-0.3, -0.25) is 0 Å². The maximum atomic E-state index is 7.12. The van der Waals surface area contributed by atoms with Gasteiger partial charge in [0.15, 0.2) is 23.0 Å². The van der Waals surface area contributed by atoms with Crippen LogP contribution in [0.5, 0.6) is 23.0 Å². The first-order valence-electron chi connectivity index (χ1n) is 23.6. The predicted octanol–water partition coefficient (Wildman–Crippen LogP) is 19.4. The van der Waals surface area contributed by atoms with E-state index in [2.05, 4.69) is 26.3 Å². The minimum absolute atomic E-state index is 0.246. The average molecular weight is 1200 g/mol. The number of ether oxygens (including phenoxy) is 4. The minimum Gasteiger partial charge on any atom is -0.486 e. The second kappa shape index (κ2) is 27.1. The molecule has 8 aromatic rings. The number of halogens is 8. The van der Waals surface area contributed by atoms with E-state index in [0.717, 1.165) is 65.7 Å². The van der Waals surface area contributed by atoms with Crippen LogP contribution in [0.3, 0.4) is 0 Å². The molecular formula is C62H48Cl8O4P2. The van der Waals surface area contributed by atoms with E-state index in [1.807, 2.05) is 146 Å². The van der Waals surface area contributed by atoms with Crippen molar-refractivity contribution in [3.05, 3.63) is 257 Å². The second-order valence-corrected chi connectivity index (χ2v) is 25.1. The first-order chi connectivity index (χ1) is 36.7. The van der Waals surface area contributed by atoms with E-state index in [9.17, 15) is 0 Å². The SMILES string of the molecule is C=Cc1ccc(COc2c(Cl)cc(P(CCP(c3cc(Cl)c(OCc4ccc(C=C)cc4)c(Cl)c3)c3cc(Cl)c(OCc4ccc(C=C)cc4)c(Cl)c3)c3cc(Cl)c(OCc4ccc(C=C)cc4)c(Cl)c3)cc2Cl)cc1. The molecule has 0 heterocycles. The van der Waals surface area contributed by atoms with Gasteiger partial charge in [0, 0.05) is 0 Å². The minimum atomic E-state index is -1.33. The monoisotopic (exact) mass is 1200 g/mol. The predicted molar refractivity (Wildman–Crippen MR) is 331 cm³/mol. The quantitative estimate of drug-likeness (QED) is 0.0598. The summed E-state index contributed by atoms with van der Waals surface area (Å²) in [5, 5.41) is 6.17. The summed E-state index contributed by atoms with van der Waals surface area (Å²) >= 11 is 57.0. The van der Waals surface area contributed by atoms with Crippen LogP contribution in [-0.4, -0.2) is 12.3 Å². The van der Waals surface area contributed by atoms with Crippen molar-refractivity contribution in [1.29, 1.82) is 0 Å². The van der Waals surface area contributed by atoms with Crippen molar-refractivity contribution in [2.45, 2.75) is 26.4 Å². The van der Waals surface area contributed by atoms with Crippen molar-refractivity contribution in [3.8, 4) is 23.0 Å². The van der Waals surface area contributed by atoms with Crippen LogP contribution in [0.2, 0.25) is 40.2 Å². The molecule has 0 bridgehead atoms. The van der Waals surface area contributed by atoms with Gasteiger partial charge in [-0.2, -0.15) is 0 Å². The topological polar surface area (TPSA) is 36.9 Å². The molecule has 0 aromatic heterocycles. The molecule has 4 nitrogen and oxygen atoms in total. The van der Waals surface area contributed by atoms with Crippen LogP contribution in [0.4, 0.5) is 0 Å². The Hall–Kier alpha value is -4.90. The first kappa shape index (κ1) is 57.3. The Morgan fingerprint density at radius 2 is 0.461 bits per heavy atom. The van der Waals surface area contributed by atoms with E-state index in [4.69, 9.17) is 112 Å². The second-order valence-electron chi connectivity index (χ2n) is 17.2. The molecule has 0 aliphatic heterocycles. The molecule has 8 rings (SSSR count). The largest absolute Gasteiger partial charge is 0.486 e. The molecular weight excluding hydrogens is 1150 g/mol. The lowest BCUT2D eigenvalue weighted by Gasteiger charge is -2.26. The number of benzene rings is 8.